The average Bonchev–Trinajstić information content (AvgIpc) is 2.41. The quantitative estimate of drug-likeness (QED) is 0.827. The molecule has 5 heteroatoms. The van der Waals surface area contributed by atoms with E-state index >= 15 is 0 Å². The summed E-state index contributed by atoms with van der Waals surface area (Å²) >= 11 is 0. The number of halogens is 1. The van der Waals surface area contributed by atoms with Gasteiger partial charge in [-0.15, -0.1) is 0 Å². The number of benzene rings is 1. The number of hydrogen-bond acceptors (Lipinski definition) is 3. The van der Waals surface area contributed by atoms with Crippen molar-refractivity contribution in [2.45, 2.75) is 38.8 Å². The van der Waals surface area contributed by atoms with Crippen molar-refractivity contribution < 1.29 is 14.3 Å². The Morgan fingerprint density at radius 2 is 2.11 bits per heavy atom. The van der Waals surface area contributed by atoms with Crippen molar-refractivity contribution in [3.63, 3.8) is 0 Å². The van der Waals surface area contributed by atoms with Crippen molar-refractivity contribution in [3.05, 3.63) is 35.1 Å². The number of aliphatic carboxylic acids is 1. The first-order chi connectivity index (χ1) is 8.99. The van der Waals surface area contributed by atoms with E-state index in [1.165, 1.54) is 12.1 Å². The first-order valence-electron chi connectivity index (χ1n) is 6.16. The van der Waals surface area contributed by atoms with Crippen molar-refractivity contribution >= 4 is 5.97 Å². The predicted octanol–water partition coefficient (Wildman–Crippen LogP) is 2.43. The summed E-state index contributed by atoms with van der Waals surface area (Å²) in [6.07, 6.45) is 0.865. The molecule has 2 N–H and O–H groups in total. The highest BCUT2D eigenvalue weighted by Gasteiger charge is 2.34. The molecule has 0 atom stereocenters. The Morgan fingerprint density at radius 1 is 1.47 bits per heavy atom. The normalized spacial score (nSPS) is 11.1. The lowest BCUT2D eigenvalue weighted by atomic mass is 9.92. The van der Waals surface area contributed by atoms with Gasteiger partial charge in [-0.2, -0.15) is 5.26 Å². The third kappa shape index (κ3) is 3.30. The van der Waals surface area contributed by atoms with Gasteiger partial charge in [0.15, 0.2) is 0 Å². The van der Waals surface area contributed by atoms with Crippen LogP contribution in [0, 0.1) is 17.1 Å². The highest BCUT2D eigenvalue weighted by atomic mass is 19.1. The van der Waals surface area contributed by atoms with Crippen LogP contribution >= 0.6 is 0 Å². The summed E-state index contributed by atoms with van der Waals surface area (Å²) in [6.45, 7) is 3.80. The van der Waals surface area contributed by atoms with Gasteiger partial charge in [-0.25, -0.2) is 4.39 Å². The van der Waals surface area contributed by atoms with Crippen LogP contribution in [0.5, 0.6) is 0 Å². The molecule has 0 fully saturated rings. The van der Waals surface area contributed by atoms with Crippen molar-refractivity contribution in [2.24, 2.45) is 0 Å². The molecule has 0 aliphatic carbocycles. The van der Waals surface area contributed by atoms with Gasteiger partial charge in [0.25, 0.3) is 0 Å². The van der Waals surface area contributed by atoms with Gasteiger partial charge in [-0.05, 0) is 30.5 Å². The summed E-state index contributed by atoms with van der Waals surface area (Å²) in [6, 6.07) is 5.82. The molecule has 0 aliphatic heterocycles. The van der Waals surface area contributed by atoms with E-state index in [9.17, 15) is 14.3 Å². The third-order valence-electron chi connectivity index (χ3n) is 3.43. The maximum absolute atomic E-state index is 13.0. The number of nitrogens with zero attached hydrogens (tertiary/aromatic N) is 1. The van der Waals surface area contributed by atoms with Crippen LogP contribution in [0.3, 0.4) is 0 Å². The van der Waals surface area contributed by atoms with E-state index in [0.29, 0.717) is 18.4 Å². The number of nitriles is 1. The second-order valence-corrected chi connectivity index (χ2v) is 4.36. The van der Waals surface area contributed by atoms with Crippen LogP contribution in [0.15, 0.2) is 18.2 Å². The van der Waals surface area contributed by atoms with Crippen LogP contribution in [0.2, 0.25) is 0 Å². The molecule has 19 heavy (non-hydrogen) atoms. The fourth-order valence-corrected chi connectivity index (χ4v) is 1.95. The molecule has 0 spiro atoms. The van der Waals surface area contributed by atoms with E-state index in [0.717, 1.165) is 6.07 Å². The molecule has 102 valence electrons. The molecule has 0 aromatic heterocycles. The zero-order valence-electron chi connectivity index (χ0n) is 11.0. The van der Waals surface area contributed by atoms with E-state index in [1.54, 1.807) is 13.8 Å². The van der Waals surface area contributed by atoms with E-state index in [4.69, 9.17) is 5.26 Å². The van der Waals surface area contributed by atoms with Crippen molar-refractivity contribution in [2.75, 3.05) is 0 Å². The van der Waals surface area contributed by atoms with Gasteiger partial charge in [0.1, 0.15) is 11.4 Å². The summed E-state index contributed by atoms with van der Waals surface area (Å²) in [5, 5.41) is 21.2. The van der Waals surface area contributed by atoms with Gasteiger partial charge in [-0.3, -0.25) is 10.1 Å². The van der Waals surface area contributed by atoms with Gasteiger partial charge >= 0.3 is 5.97 Å². The highest BCUT2D eigenvalue weighted by Crippen LogP contribution is 2.18. The molecule has 0 unspecified atom stereocenters. The summed E-state index contributed by atoms with van der Waals surface area (Å²) in [5.74, 6) is -1.39. The molecule has 1 rings (SSSR count). The number of rotatable bonds is 6. The lowest BCUT2D eigenvalue weighted by Crippen LogP contribution is -2.50. The zero-order valence-corrected chi connectivity index (χ0v) is 11.0. The van der Waals surface area contributed by atoms with Gasteiger partial charge in [0, 0.05) is 6.54 Å². The minimum Gasteiger partial charge on any atom is -0.480 e. The molecule has 0 amide bonds. The average molecular weight is 264 g/mol. The fourth-order valence-electron chi connectivity index (χ4n) is 1.95. The molecular weight excluding hydrogens is 247 g/mol. The van der Waals surface area contributed by atoms with Crippen molar-refractivity contribution in [3.8, 4) is 6.07 Å². The van der Waals surface area contributed by atoms with E-state index in [-0.39, 0.29) is 12.1 Å². The largest absolute Gasteiger partial charge is 0.480 e. The number of carboxylic acid groups (broad SMARTS) is 1. The van der Waals surface area contributed by atoms with E-state index in [1.807, 2.05) is 6.07 Å². The topological polar surface area (TPSA) is 73.1 Å². The minimum absolute atomic E-state index is 0.219. The molecule has 1 aromatic carbocycles. The van der Waals surface area contributed by atoms with E-state index in [2.05, 4.69) is 5.32 Å². The Balaban J connectivity index is 2.92. The first kappa shape index (κ1) is 15.1. The second kappa shape index (κ2) is 6.30. The maximum Gasteiger partial charge on any atom is 0.323 e. The molecule has 0 heterocycles. The molecule has 0 aliphatic rings. The van der Waals surface area contributed by atoms with Gasteiger partial charge in [0.2, 0.25) is 0 Å². The second-order valence-electron chi connectivity index (χ2n) is 4.36. The maximum atomic E-state index is 13.0. The number of carbonyl (C=O) groups is 1. The molecule has 0 saturated carbocycles. The Labute approximate surface area is 111 Å². The van der Waals surface area contributed by atoms with Gasteiger partial charge < -0.3 is 5.11 Å². The van der Waals surface area contributed by atoms with Crippen LogP contribution in [0.4, 0.5) is 4.39 Å². The summed E-state index contributed by atoms with van der Waals surface area (Å²) < 4.78 is 13.0. The summed E-state index contributed by atoms with van der Waals surface area (Å²) in [7, 11) is 0. The molecule has 4 nitrogen and oxygen atoms in total. The molecule has 0 bridgehead atoms. The first-order valence-corrected chi connectivity index (χ1v) is 6.16. The predicted molar refractivity (Wildman–Crippen MR) is 68.9 cm³/mol. The zero-order chi connectivity index (χ0) is 14.5. The standard InChI is InChI=1S/C14H17FN2O2/c1-3-14(4-2,13(18)19)17-9-10-5-6-12(15)7-11(10)8-16/h5-7,17H,3-4,9H2,1-2H3,(H,18,19). The van der Waals surface area contributed by atoms with Crippen LogP contribution < -0.4 is 5.32 Å². The van der Waals surface area contributed by atoms with E-state index < -0.39 is 17.3 Å². The van der Waals surface area contributed by atoms with Crippen molar-refractivity contribution in [1.82, 2.24) is 5.32 Å². The molecule has 1 aromatic rings. The Hall–Kier alpha value is -1.93. The van der Waals surface area contributed by atoms with Crippen LogP contribution in [-0.4, -0.2) is 16.6 Å². The van der Waals surface area contributed by atoms with Gasteiger partial charge in [-0.1, -0.05) is 19.9 Å². The van der Waals surface area contributed by atoms with Crippen LogP contribution in [0.1, 0.15) is 37.8 Å². The SMILES string of the molecule is CCC(CC)(NCc1ccc(F)cc1C#N)C(=O)O. The minimum atomic E-state index is -1.01. The molecule has 0 saturated heterocycles. The Bertz CT molecular complexity index is 505. The lowest BCUT2D eigenvalue weighted by Gasteiger charge is -2.28. The monoisotopic (exact) mass is 264 g/mol. The van der Waals surface area contributed by atoms with Crippen molar-refractivity contribution in [1.29, 1.82) is 5.26 Å². The molecule has 0 radical (unpaired) electrons. The lowest BCUT2D eigenvalue weighted by molar-refractivity contribution is -0.145. The number of hydrogen-bond donors (Lipinski definition) is 2. The highest BCUT2D eigenvalue weighted by molar-refractivity contribution is 5.78. The van der Waals surface area contributed by atoms with Crippen LogP contribution in [-0.2, 0) is 11.3 Å². The Morgan fingerprint density at radius 3 is 2.58 bits per heavy atom. The number of carboxylic acids is 1. The third-order valence-corrected chi connectivity index (χ3v) is 3.43. The van der Waals surface area contributed by atoms with Crippen LogP contribution in [0.25, 0.3) is 0 Å². The summed E-state index contributed by atoms with van der Waals surface area (Å²) in [4.78, 5) is 11.3. The fraction of sp³-hybridized carbons (Fsp3) is 0.429. The molecular formula is C14H17FN2O2. The number of nitrogens with one attached hydrogen (secondary N) is 1. The van der Waals surface area contributed by atoms with Gasteiger partial charge in [0.05, 0.1) is 11.6 Å². The smallest absolute Gasteiger partial charge is 0.323 e. The summed E-state index contributed by atoms with van der Waals surface area (Å²) in [5.41, 5.74) is -0.198. The Kier molecular flexibility index (Phi) is 5.02.